The van der Waals surface area contributed by atoms with E-state index < -0.39 is 17.7 Å². The highest BCUT2D eigenvalue weighted by Gasteiger charge is 2.46. The van der Waals surface area contributed by atoms with Crippen LogP contribution in [0.3, 0.4) is 0 Å². The number of Topliss-reactive ketones (excluding diaryl/α,β-unsaturated/α-hetero) is 2. The molecule has 2 aromatic carbocycles. The maximum atomic E-state index is 12.6. The van der Waals surface area contributed by atoms with Gasteiger partial charge in [-0.05, 0) is 30.2 Å². The van der Waals surface area contributed by atoms with Crippen LogP contribution in [0, 0.1) is 0 Å². The first kappa shape index (κ1) is 21.9. The largest absolute Gasteiger partial charge is 0.484 e. The summed E-state index contributed by atoms with van der Waals surface area (Å²) < 4.78 is 7.39. The predicted octanol–water partition coefficient (Wildman–Crippen LogP) is 4.08. The number of likely N-dealkylation sites (tertiary alicyclic amines) is 1. The van der Waals surface area contributed by atoms with Gasteiger partial charge in [0, 0.05) is 53.8 Å². The molecule has 5 rings (SSSR count). The first-order valence-corrected chi connectivity index (χ1v) is 12.6. The fourth-order valence-corrected chi connectivity index (χ4v) is 6.30. The average molecular weight is 514 g/mol. The molecule has 0 amide bonds. The maximum absolute atomic E-state index is 12.6. The smallest absolute Gasteiger partial charge is 0.243 e. The van der Waals surface area contributed by atoms with Gasteiger partial charge in [0.05, 0.1) is 6.10 Å². The fraction of sp³-hybridized carbons (Fsp3) is 0.360. The van der Waals surface area contributed by atoms with E-state index in [9.17, 15) is 14.7 Å². The monoisotopic (exact) mass is 513 g/mol. The van der Waals surface area contributed by atoms with Gasteiger partial charge in [-0.1, -0.05) is 46.3 Å². The van der Waals surface area contributed by atoms with Crippen LogP contribution >= 0.6 is 27.7 Å². The number of ketones is 2. The van der Waals surface area contributed by atoms with E-state index in [4.69, 9.17) is 4.74 Å². The summed E-state index contributed by atoms with van der Waals surface area (Å²) in [5, 5.41) is 10.5. The summed E-state index contributed by atoms with van der Waals surface area (Å²) in [7, 11) is 0. The third-order valence-electron chi connectivity index (χ3n) is 6.44. The van der Waals surface area contributed by atoms with E-state index in [1.54, 1.807) is 12.1 Å². The average Bonchev–Trinajstić information content (AvgIpc) is 2.80. The van der Waals surface area contributed by atoms with E-state index >= 15 is 0 Å². The number of carbonyl (C=O) groups excluding carboxylic acids is 2. The van der Waals surface area contributed by atoms with E-state index in [1.165, 1.54) is 11.8 Å². The normalized spacial score (nSPS) is 21.2. The lowest BCUT2D eigenvalue weighted by molar-refractivity contribution is -0.111. The van der Waals surface area contributed by atoms with Crippen molar-refractivity contribution in [1.82, 2.24) is 4.90 Å². The lowest BCUT2D eigenvalue weighted by Crippen LogP contribution is -2.50. The molecule has 1 saturated heterocycles. The van der Waals surface area contributed by atoms with Crippen LogP contribution in [0.15, 0.2) is 57.9 Å². The topological polar surface area (TPSA) is 66.8 Å². The number of allylic oxidation sites excluding steroid dienone is 1. The van der Waals surface area contributed by atoms with Crippen molar-refractivity contribution in [3.05, 3.63) is 74.6 Å². The van der Waals surface area contributed by atoms with Crippen molar-refractivity contribution in [2.75, 3.05) is 25.4 Å². The standard InChI is InChI=1S/C25H24BrNO4S/c26-17-6-7-19-20(13-17)23-24(22(30)21(19)29)32-15-25(31-23)8-10-27(11-9-25)14-18(28)12-16-4-2-1-3-5-16/h1-7,13,18,28H,8-12,14-15H2. The Balaban J connectivity index is 1.27. The summed E-state index contributed by atoms with van der Waals surface area (Å²) in [5.74, 6) is 0.297. The van der Waals surface area contributed by atoms with Crippen LogP contribution in [0.4, 0.5) is 0 Å². The Morgan fingerprint density at radius 3 is 2.56 bits per heavy atom. The molecule has 5 nitrogen and oxygen atoms in total. The lowest BCUT2D eigenvalue weighted by atomic mass is 9.90. The van der Waals surface area contributed by atoms with E-state index in [1.807, 2.05) is 36.4 Å². The number of hydrogen-bond donors (Lipinski definition) is 1. The first-order valence-electron chi connectivity index (χ1n) is 10.8. The number of nitrogens with zero attached hydrogens (tertiary/aromatic N) is 1. The zero-order valence-electron chi connectivity index (χ0n) is 17.6. The van der Waals surface area contributed by atoms with Crippen molar-refractivity contribution >= 4 is 45.0 Å². The molecule has 3 aliphatic rings. The van der Waals surface area contributed by atoms with Crippen LogP contribution in [0.5, 0.6) is 0 Å². The van der Waals surface area contributed by atoms with E-state index in [0.29, 0.717) is 40.5 Å². The molecule has 32 heavy (non-hydrogen) atoms. The molecule has 7 heteroatoms. The number of benzene rings is 2. The Labute approximate surface area is 200 Å². The number of halogens is 1. The van der Waals surface area contributed by atoms with E-state index in [2.05, 4.69) is 20.8 Å². The number of carbonyl (C=O) groups is 2. The molecular weight excluding hydrogens is 490 g/mol. The molecule has 1 fully saturated rings. The summed E-state index contributed by atoms with van der Waals surface area (Å²) in [6.07, 6.45) is 1.88. The summed E-state index contributed by atoms with van der Waals surface area (Å²) in [4.78, 5) is 27.9. The molecule has 2 aromatic rings. The highest BCUT2D eigenvalue weighted by molar-refractivity contribution is 9.10. The summed E-state index contributed by atoms with van der Waals surface area (Å²) in [6.45, 7) is 2.29. The van der Waals surface area contributed by atoms with E-state index in [-0.39, 0.29) is 5.60 Å². The lowest BCUT2D eigenvalue weighted by Gasteiger charge is -2.45. The van der Waals surface area contributed by atoms with Crippen LogP contribution < -0.4 is 0 Å². The van der Waals surface area contributed by atoms with Crippen LogP contribution in [0.1, 0.15) is 34.3 Å². The molecule has 1 atom stereocenters. The van der Waals surface area contributed by atoms with Crippen LogP contribution in [0.25, 0.3) is 5.76 Å². The number of aliphatic hydroxyl groups is 1. The van der Waals surface area contributed by atoms with Gasteiger partial charge in [-0.3, -0.25) is 9.59 Å². The Morgan fingerprint density at radius 2 is 1.81 bits per heavy atom. The van der Waals surface area contributed by atoms with Gasteiger partial charge in [-0.15, -0.1) is 11.8 Å². The number of hydrogen-bond acceptors (Lipinski definition) is 6. The quantitative estimate of drug-likeness (QED) is 0.621. The minimum Gasteiger partial charge on any atom is -0.484 e. The van der Waals surface area contributed by atoms with Crippen LogP contribution in [-0.4, -0.2) is 58.7 Å². The maximum Gasteiger partial charge on any atom is 0.243 e. The zero-order chi connectivity index (χ0) is 22.3. The Morgan fingerprint density at radius 1 is 1.06 bits per heavy atom. The summed E-state index contributed by atoms with van der Waals surface area (Å²) in [5.41, 5.74) is 1.90. The molecule has 0 saturated carbocycles. The molecule has 0 radical (unpaired) electrons. The molecule has 1 aliphatic carbocycles. The molecule has 0 aromatic heterocycles. The molecular formula is C25H24BrNO4S. The fourth-order valence-electron chi connectivity index (χ4n) is 4.67. The second-order valence-electron chi connectivity index (χ2n) is 8.72. The van der Waals surface area contributed by atoms with Crippen molar-refractivity contribution in [2.45, 2.75) is 31.0 Å². The van der Waals surface area contributed by atoms with Gasteiger partial charge >= 0.3 is 0 Å². The number of ether oxygens (including phenoxy) is 1. The van der Waals surface area contributed by atoms with Gasteiger partial charge in [0.2, 0.25) is 11.6 Å². The number of aliphatic hydroxyl groups excluding tert-OH is 1. The Kier molecular flexibility index (Phi) is 6.01. The number of β-amino-alcohol motifs (C(OH)–C–C–N with tert-alkyl or cyclic N) is 1. The summed E-state index contributed by atoms with van der Waals surface area (Å²) >= 11 is 4.92. The van der Waals surface area contributed by atoms with Crippen LogP contribution in [0.2, 0.25) is 0 Å². The summed E-state index contributed by atoms with van der Waals surface area (Å²) in [6, 6.07) is 15.4. The molecule has 166 valence electrons. The SMILES string of the molecule is O=C1C(=O)c2ccc(Br)cc2C2=C1SCC1(CCN(CC(O)Cc3ccccc3)CC1)O2. The third-order valence-corrected chi connectivity index (χ3v) is 8.26. The van der Waals surface area contributed by atoms with Gasteiger partial charge in [0.15, 0.2) is 0 Å². The van der Waals surface area contributed by atoms with Crippen molar-refractivity contribution in [2.24, 2.45) is 0 Å². The van der Waals surface area contributed by atoms with Gasteiger partial charge in [0.1, 0.15) is 16.3 Å². The number of fused-ring (bicyclic) bond motifs is 2. The van der Waals surface area contributed by atoms with Gasteiger partial charge in [-0.25, -0.2) is 0 Å². The molecule has 1 spiro atoms. The Bertz CT molecular complexity index is 1090. The minimum atomic E-state index is -0.462. The van der Waals surface area contributed by atoms with Crippen molar-refractivity contribution in [1.29, 1.82) is 0 Å². The van der Waals surface area contributed by atoms with E-state index in [0.717, 1.165) is 36.0 Å². The van der Waals surface area contributed by atoms with Crippen molar-refractivity contribution in [3.8, 4) is 0 Å². The highest BCUT2D eigenvalue weighted by atomic mass is 79.9. The van der Waals surface area contributed by atoms with Crippen molar-refractivity contribution in [3.63, 3.8) is 0 Å². The van der Waals surface area contributed by atoms with Crippen LogP contribution in [-0.2, 0) is 16.0 Å². The second-order valence-corrected chi connectivity index (χ2v) is 10.6. The third kappa shape index (κ3) is 4.19. The number of piperidine rings is 1. The number of rotatable bonds is 4. The molecule has 0 bridgehead atoms. The highest BCUT2D eigenvalue weighted by Crippen LogP contribution is 2.47. The van der Waals surface area contributed by atoms with Gasteiger partial charge in [0.25, 0.3) is 0 Å². The van der Waals surface area contributed by atoms with Gasteiger partial charge < -0.3 is 14.7 Å². The molecule has 1 N–H and O–H groups in total. The van der Waals surface area contributed by atoms with Gasteiger partial charge in [-0.2, -0.15) is 0 Å². The Hall–Kier alpha value is -1.93. The zero-order valence-corrected chi connectivity index (χ0v) is 20.0. The predicted molar refractivity (Wildman–Crippen MR) is 129 cm³/mol. The molecule has 2 heterocycles. The molecule has 2 aliphatic heterocycles. The first-order chi connectivity index (χ1) is 15.4. The second kappa shape index (κ2) is 8.78. The van der Waals surface area contributed by atoms with Crippen molar-refractivity contribution < 1.29 is 19.4 Å². The molecule has 1 unspecified atom stereocenters. The number of thioether (sulfide) groups is 1. The minimum absolute atomic E-state index is 0.357.